The van der Waals surface area contributed by atoms with E-state index in [9.17, 15) is 13.6 Å². The minimum absolute atomic E-state index is 0.134. The number of aryl methyl sites for hydroxylation is 2. The maximum absolute atomic E-state index is 13.8. The van der Waals surface area contributed by atoms with Gasteiger partial charge in [-0.3, -0.25) is 4.79 Å². The predicted molar refractivity (Wildman–Crippen MR) is 95.9 cm³/mol. The number of amides is 1. The van der Waals surface area contributed by atoms with Gasteiger partial charge < -0.3 is 11.1 Å². The number of hydrogen-bond acceptors (Lipinski definition) is 5. The second kappa shape index (κ2) is 7.26. The van der Waals surface area contributed by atoms with Crippen LogP contribution in [0.15, 0.2) is 18.2 Å². The van der Waals surface area contributed by atoms with Crippen LogP contribution in [0.25, 0.3) is 5.78 Å². The lowest BCUT2D eigenvalue weighted by Gasteiger charge is -2.16. The van der Waals surface area contributed by atoms with Gasteiger partial charge in [-0.15, -0.1) is 5.10 Å². The summed E-state index contributed by atoms with van der Waals surface area (Å²) in [6.07, 6.45) is 0.622. The molecule has 0 saturated heterocycles. The van der Waals surface area contributed by atoms with Crippen molar-refractivity contribution in [1.82, 2.24) is 24.9 Å². The van der Waals surface area contributed by atoms with Crippen molar-refractivity contribution in [3.05, 3.63) is 52.3 Å². The van der Waals surface area contributed by atoms with Gasteiger partial charge >= 0.3 is 0 Å². The molecule has 0 unspecified atom stereocenters. The van der Waals surface area contributed by atoms with Crippen molar-refractivity contribution in [2.75, 3.05) is 5.73 Å². The molecule has 3 N–H and O–H groups in total. The first-order chi connectivity index (χ1) is 12.8. The number of nitrogens with one attached hydrogen (secondary N) is 1. The number of carbonyl (C=O) groups excluding carboxylic acids is 1. The molecule has 0 bridgehead atoms. The number of nitrogens with zero attached hydrogens (tertiary/aromatic N) is 4. The average molecular weight is 374 g/mol. The van der Waals surface area contributed by atoms with Gasteiger partial charge in [0.1, 0.15) is 11.6 Å². The number of rotatable bonds is 5. The minimum atomic E-state index is -0.687. The lowest BCUT2D eigenvalue weighted by Crippen LogP contribution is -2.27. The van der Waals surface area contributed by atoms with E-state index < -0.39 is 17.7 Å². The molecule has 1 atom stereocenters. The zero-order valence-electron chi connectivity index (χ0n) is 15.3. The molecule has 3 aromatic rings. The molecule has 1 aromatic carbocycles. The molecule has 0 aliphatic carbocycles. The van der Waals surface area contributed by atoms with Gasteiger partial charge in [-0.2, -0.15) is 9.50 Å². The number of aromatic nitrogens is 4. The van der Waals surface area contributed by atoms with E-state index in [1.54, 1.807) is 11.4 Å². The molecule has 9 heteroatoms. The molecule has 27 heavy (non-hydrogen) atoms. The first-order valence-corrected chi connectivity index (χ1v) is 8.49. The Bertz CT molecular complexity index is 1020. The number of carbonyl (C=O) groups is 1. The van der Waals surface area contributed by atoms with E-state index in [4.69, 9.17) is 5.73 Å². The number of halogens is 2. The van der Waals surface area contributed by atoms with Crippen molar-refractivity contribution >= 4 is 17.6 Å². The fourth-order valence-corrected chi connectivity index (χ4v) is 3.07. The van der Waals surface area contributed by atoms with Gasteiger partial charge in [0.2, 0.25) is 11.9 Å². The van der Waals surface area contributed by atoms with Gasteiger partial charge in [0.05, 0.1) is 6.04 Å². The number of benzene rings is 1. The largest absolute Gasteiger partial charge is 0.366 e. The van der Waals surface area contributed by atoms with Crippen LogP contribution in [0.4, 0.5) is 14.7 Å². The Labute approximate surface area is 154 Å². The normalized spacial score (nSPS) is 12.3. The van der Waals surface area contributed by atoms with Crippen LogP contribution in [-0.4, -0.2) is 25.5 Å². The zero-order valence-corrected chi connectivity index (χ0v) is 15.3. The van der Waals surface area contributed by atoms with Gasteiger partial charge in [-0.25, -0.2) is 13.8 Å². The van der Waals surface area contributed by atoms with Crippen molar-refractivity contribution < 1.29 is 13.6 Å². The highest BCUT2D eigenvalue weighted by molar-refractivity contribution is 5.76. The number of fused-ring (bicyclic) bond motifs is 1. The van der Waals surface area contributed by atoms with Crippen LogP contribution in [0.1, 0.15) is 41.9 Å². The third-order valence-corrected chi connectivity index (χ3v) is 4.47. The van der Waals surface area contributed by atoms with Crippen molar-refractivity contribution in [2.24, 2.45) is 0 Å². The summed E-state index contributed by atoms with van der Waals surface area (Å²) in [5.74, 6) is -1.04. The summed E-state index contributed by atoms with van der Waals surface area (Å²) in [7, 11) is 0. The van der Waals surface area contributed by atoms with Crippen LogP contribution in [0, 0.1) is 25.5 Å². The highest BCUT2D eigenvalue weighted by atomic mass is 19.1. The third kappa shape index (κ3) is 3.86. The highest BCUT2D eigenvalue weighted by Crippen LogP contribution is 2.19. The van der Waals surface area contributed by atoms with Crippen LogP contribution in [0.5, 0.6) is 0 Å². The Hall–Kier alpha value is -3.10. The van der Waals surface area contributed by atoms with Crippen molar-refractivity contribution in [3.63, 3.8) is 0 Å². The molecule has 3 rings (SSSR count). The van der Waals surface area contributed by atoms with E-state index in [-0.39, 0.29) is 23.8 Å². The molecule has 0 radical (unpaired) electrons. The van der Waals surface area contributed by atoms with Crippen LogP contribution >= 0.6 is 0 Å². The molecule has 0 aliphatic rings. The molecular weight excluding hydrogens is 354 g/mol. The van der Waals surface area contributed by atoms with Gasteiger partial charge in [-0.1, -0.05) is 6.07 Å². The average Bonchev–Trinajstić information content (AvgIpc) is 2.94. The van der Waals surface area contributed by atoms with E-state index in [2.05, 4.69) is 20.4 Å². The molecular formula is C18H20F2N6O. The molecule has 7 nitrogen and oxygen atoms in total. The second-order valence-electron chi connectivity index (χ2n) is 6.40. The van der Waals surface area contributed by atoms with Gasteiger partial charge in [-0.05, 0) is 38.8 Å². The highest BCUT2D eigenvalue weighted by Gasteiger charge is 2.17. The monoisotopic (exact) mass is 374 g/mol. The fraction of sp³-hybridized carbons (Fsp3) is 0.333. The van der Waals surface area contributed by atoms with E-state index in [1.165, 1.54) is 12.1 Å². The van der Waals surface area contributed by atoms with Crippen molar-refractivity contribution in [2.45, 2.75) is 39.7 Å². The van der Waals surface area contributed by atoms with Crippen molar-refractivity contribution in [1.29, 1.82) is 0 Å². The van der Waals surface area contributed by atoms with Crippen molar-refractivity contribution in [3.8, 4) is 0 Å². The Morgan fingerprint density at radius 1 is 1.30 bits per heavy atom. The van der Waals surface area contributed by atoms with E-state index in [0.717, 1.165) is 23.0 Å². The molecule has 2 heterocycles. The van der Waals surface area contributed by atoms with Crippen LogP contribution < -0.4 is 11.1 Å². The molecule has 2 aromatic heterocycles. The van der Waals surface area contributed by atoms with Gasteiger partial charge in [0, 0.05) is 29.4 Å². The number of anilines is 1. The van der Waals surface area contributed by atoms with E-state index in [0.29, 0.717) is 12.2 Å². The Kier molecular flexibility index (Phi) is 5.02. The van der Waals surface area contributed by atoms with Crippen LogP contribution in [0.3, 0.4) is 0 Å². The summed E-state index contributed by atoms with van der Waals surface area (Å²) in [5, 5.41) is 6.82. The Morgan fingerprint density at radius 2 is 2.04 bits per heavy atom. The lowest BCUT2D eigenvalue weighted by molar-refractivity contribution is -0.121. The minimum Gasteiger partial charge on any atom is -0.366 e. The first kappa shape index (κ1) is 18.7. The quantitative estimate of drug-likeness (QED) is 0.715. The van der Waals surface area contributed by atoms with Gasteiger partial charge in [0.25, 0.3) is 5.78 Å². The summed E-state index contributed by atoms with van der Waals surface area (Å²) in [6.45, 7) is 5.34. The van der Waals surface area contributed by atoms with Crippen LogP contribution in [0.2, 0.25) is 0 Å². The summed E-state index contributed by atoms with van der Waals surface area (Å²) in [6, 6.07) is 2.72. The Morgan fingerprint density at radius 3 is 2.74 bits per heavy atom. The molecule has 0 spiro atoms. The van der Waals surface area contributed by atoms with Crippen LogP contribution in [-0.2, 0) is 11.2 Å². The molecule has 1 amide bonds. The molecule has 142 valence electrons. The number of nitrogens with two attached hydrogens (primary N) is 1. The summed E-state index contributed by atoms with van der Waals surface area (Å²) in [5.41, 5.74) is 8.28. The second-order valence-corrected chi connectivity index (χ2v) is 6.40. The number of nitrogen functional groups attached to an aromatic ring is 1. The third-order valence-electron chi connectivity index (χ3n) is 4.47. The smallest absolute Gasteiger partial charge is 0.254 e. The van der Waals surface area contributed by atoms with E-state index >= 15 is 0 Å². The first-order valence-electron chi connectivity index (χ1n) is 8.49. The maximum atomic E-state index is 13.8. The molecule has 0 aliphatic heterocycles. The summed E-state index contributed by atoms with van der Waals surface area (Å²) >= 11 is 0. The predicted octanol–water partition coefficient (Wildman–Crippen LogP) is 2.41. The summed E-state index contributed by atoms with van der Waals surface area (Å²) in [4.78, 5) is 20.7. The lowest BCUT2D eigenvalue weighted by atomic mass is 10.0. The Balaban J connectivity index is 1.69. The topological polar surface area (TPSA) is 98.2 Å². The number of hydrogen-bond donors (Lipinski definition) is 2. The molecule has 0 saturated carbocycles. The maximum Gasteiger partial charge on any atom is 0.254 e. The summed E-state index contributed by atoms with van der Waals surface area (Å²) < 4.78 is 28.4. The fourth-order valence-electron chi connectivity index (χ4n) is 3.07. The standard InChI is InChI=1S/C18H20F2N6O/c1-9-13(11(3)26-18(23-9)24-17(21)25-26)6-7-16(27)22-10(2)14-5-4-12(19)8-15(14)20/h4-5,8,10H,6-7H2,1-3H3,(H2,21,25)(H,22,27)/t10-/m1/s1. The van der Waals surface area contributed by atoms with Gasteiger partial charge in [0.15, 0.2) is 0 Å². The molecule has 0 fully saturated rings. The SMILES string of the molecule is Cc1nc2nc(N)nn2c(C)c1CCC(=O)N[C@H](C)c1ccc(F)cc1F. The van der Waals surface area contributed by atoms with E-state index in [1.807, 2.05) is 13.8 Å². The zero-order chi connectivity index (χ0) is 19.7.